The van der Waals surface area contributed by atoms with Gasteiger partial charge in [0.1, 0.15) is 0 Å². The SMILES string of the molecule is CCc1ccc(CC(=O)O)cc1Br. The number of aliphatic carboxylic acids is 1. The number of aryl methyl sites for hydroxylation is 1. The number of carboxylic acid groups (broad SMARTS) is 1. The van der Waals surface area contributed by atoms with Crippen molar-refractivity contribution in [2.24, 2.45) is 0 Å². The maximum atomic E-state index is 10.4. The van der Waals surface area contributed by atoms with Gasteiger partial charge in [0.15, 0.2) is 0 Å². The predicted molar refractivity (Wildman–Crippen MR) is 54.9 cm³/mol. The van der Waals surface area contributed by atoms with E-state index >= 15 is 0 Å². The van der Waals surface area contributed by atoms with Gasteiger partial charge in [0.05, 0.1) is 6.42 Å². The predicted octanol–water partition coefficient (Wildman–Crippen LogP) is 2.64. The Balaban J connectivity index is 2.89. The van der Waals surface area contributed by atoms with E-state index in [2.05, 4.69) is 22.9 Å². The molecule has 0 saturated heterocycles. The van der Waals surface area contributed by atoms with Crippen molar-refractivity contribution >= 4 is 21.9 Å². The first-order chi connectivity index (χ1) is 6.13. The van der Waals surface area contributed by atoms with Gasteiger partial charge in [0, 0.05) is 4.47 Å². The molecule has 0 spiro atoms. The molecule has 0 saturated carbocycles. The zero-order valence-corrected chi connectivity index (χ0v) is 8.97. The van der Waals surface area contributed by atoms with Crippen LogP contribution in [0.4, 0.5) is 0 Å². The van der Waals surface area contributed by atoms with Crippen LogP contribution < -0.4 is 0 Å². The van der Waals surface area contributed by atoms with Crippen molar-refractivity contribution in [3.63, 3.8) is 0 Å². The Morgan fingerprint density at radius 3 is 2.69 bits per heavy atom. The largest absolute Gasteiger partial charge is 0.481 e. The molecule has 0 bridgehead atoms. The van der Waals surface area contributed by atoms with Gasteiger partial charge in [-0.25, -0.2) is 0 Å². The van der Waals surface area contributed by atoms with E-state index in [0.717, 1.165) is 16.5 Å². The van der Waals surface area contributed by atoms with Crippen molar-refractivity contribution in [3.05, 3.63) is 33.8 Å². The Labute approximate surface area is 85.7 Å². The number of carbonyl (C=O) groups is 1. The molecule has 0 aliphatic heterocycles. The third-order valence-corrected chi connectivity index (χ3v) is 2.59. The van der Waals surface area contributed by atoms with Crippen LogP contribution >= 0.6 is 15.9 Å². The quantitative estimate of drug-likeness (QED) is 0.885. The Kier molecular flexibility index (Phi) is 3.48. The summed E-state index contributed by atoms with van der Waals surface area (Å²) in [6, 6.07) is 5.69. The van der Waals surface area contributed by atoms with Gasteiger partial charge >= 0.3 is 5.97 Å². The standard InChI is InChI=1S/C10H11BrO2/c1-2-8-4-3-7(5-9(8)11)6-10(12)13/h3-5H,2,6H2,1H3,(H,12,13). The molecule has 1 N–H and O–H groups in total. The molecule has 2 nitrogen and oxygen atoms in total. The Hall–Kier alpha value is -0.830. The van der Waals surface area contributed by atoms with Crippen molar-refractivity contribution in [1.82, 2.24) is 0 Å². The number of rotatable bonds is 3. The monoisotopic (exact) mass is 242 g/mol. The third-order valence-electron chi connectivity index (χ3n) is 1.85. The Morgan fingerprint density at radius 1 is 1.54 bits per heavy atom. The zero-order chi connectivity index (χ0) is 9.84. The Bertz CT molecular complexity index is 321. The fraction of sp³-hybridized carbons (Fsp3) is 0.300. The highest BCUT2D eigenvalue weighted by Gasteiger charge is 2.03. The second-order valence-electron chi connectivity index (χ2n) is 2.85. The summed E-state index contributed by atoms with van der Waals surface area (Å²) < 4.78 is 0.994. The smallest absolute Gasteiger partial charge is 0.307 e. The number of carboxylic acids is 1. The van der Waals surface area contributed by atoms with E-state index in [1.165, 1.54) is 5.56 Å². The lowest BCUT2D eigenvalue weighted by atomic mass is 10.1. The van der Waals surface area contributed by atoms with Crippen LogP contribution in [-0.4, -0.2) is 11.1 Å². The molecule has 0 aliphatic rings. The molecule has 0 atom stereocenters. The van der Waals surface area contributed by atoms with Gasteiger partial charge < -0.3 is 5.11 Å². The lowest BCUT2D eigenvalue weighted by Gasteiger charge is -2.03. The molecule has 1 rings (SSSR count). The van der Waals surface area contributed by atoms with Crippen molar-refractivity contribution in [3.8, 4) is 0 Å². The fourth-order valence-corrected chi connectivity index (χ4v) is 1.87. The molecule has 13 heavy (non-hydrogen) atoms. The average Bonchev–Trinajstić information content (AvgIpc) is 2.03. The average molecular weight is 243 g/mol. The number of benzene rings is 1. The summed E-state index contributed by atoms with van der Waals surface area (Å²) in [5.41, 5.74) is 2.03. The first-order valence-corrected chi connectivity index (χ1v) is 4.92. The molecule has 0 aromatic heterocycles. The van der Waals surface area contributed by atoms with Gasteiger partial charge in [-0.05, 0) is 23.6 Å². The normalized spacial score (nSPS) is 10.0. The van der Waals surface area contributed by atoms with Gasteiger partial charge in [0.25, 0.3) is 0 Å². The van der Waals surface area contributed by atoms with E-state index < -0.39 is 5.97 Å². The van der Waals surface area contributed by atoms with E-state index in [-0.39, 0.29) is 6.42 Å². The zero-order valence-electron chi connectivity index (χ0n) is 7.38. The summed E-state index contributed by atoms with van der Waals surface area (Å²) in [7, 11) is 0. The minimum absolute atomic E-state index is 0.0859. The molecule has 3 heteroatoms. The van der Waals surface area contributed by atoms with E-state index in [0.29, 0.717) is 0 Å². The molecule has 0 amide bonds. The molecule has 0 radical (unpaired) electrons. The minimum atomic E-state index is -0.795. The van der Waals surface area contributed by atoms with Crippen LogP contribution in [0.15, 0.2) is 22.7 Å². The van der Waals surface area contributed by atoms with Crippen LogP contribution in [0.3, 0.4) is 0 Å². The maximum Gasteiger partial charge on any atom is 0.307 e. The highest BCUT2D eigenvalue weighted by atomic mass is 79.9. The molecule has 1 aromatic carbocycles. The summed E-state index contributed by atoms with van der Waals surface area (Å²) >= 11 is 3.40. The van der Waals surface area contributed by atoms with E-state index in [9.17, 15) is 4.79 Å². The molecule has 0 heterocycles. The van der Waals surface area contributed by atoms with Gasteiger partial charge in [-0.1, -0.05) is 35.0 Å². The van der Waals surface area contributed by atoms with E-state index in [1.807, 2.05) is 18.2 Å². The molecule has 1 aromatic rings. The highest BCUT2D eigenvalue weighted by molar-refractivity contribution is 9.10. The molecular weight excluding hydrogens is 232 g/mol. The van der Waals surface area contributed by atoms with E-state index in [1.54, 1.807) is 0 Å². The van der Waals surface area contributed by atoms with Gasteiger partial charge in [-0.2, -0.15) is 0 Å². The van der Waals surface area contributed by atoms with Crippen molar-refractivity contribution in [1.29, 1.82) is 0 Å². The first-order valence-electron chi connectivity index (χ1n) is 4.12. The minimum Gasteiger partial charge on any atom is -0.481 e. The van der Waals surface area contributed by atoms with Crippen molar-refractivity contribution in [2.45, 2.75) is 19.8 Å². The van der Waals surface area contributed by atoms with Gasteiger partial charge in [0.2, 0.25) is 0 Å². The molecular formula is C10H11BrO2. The van der Waals surface area contributed by atoms with Gasteiger partial charge in [-0.3, -0.25) is 4.79 Å². The molecule has 0 fully saturated rings. The topological polar surface area (TPSA) is 37.3 Å². The van der Waals surface area contributed by atoms with Crippen LogP contribution in [0.1, 0.15) is 18.1 Å². The van der Waals surface area contributed by atoms with E-state index in [4.69, 9.17) is 5.11 Å². The van der Waals surface area contributed by atoms with Crippen molar-refractivity contribution < 1.29 is 9.90 Å². The second kappa shape index (κ2) is 4.42. The number of halogens is 1. The third kappa shape index (κ3) is 2.84. The molecule has 70 valence electrons. The van der Waals surface area contributed by atoms with Crippen LogP contribution in [0.25, 0.3) is 0 Å². The lowest BCUT2D eigenvalue weighted by molar-refractivity contribution is -0.136. The lowest BCUT2D eigenvalue weighted by Crippen LogP contribution is -2.00. The van der Waals surface area contributed by atoms with Crippen LogP contribution in [0.2, 0.25) is 0 Å². The maximum absolute atomic E-state index is 10.4. The molecule has 0 unspecified atom stereocenters. The van der Waals surface area contributed by atoms with Crippen molar-refractivity contribution in [2.75, 3.05) is 0 Å². The number of hydrogen-bond acceptors (Lipinski definition) is 1. The summed E-state index contributed by atoms with van der Waals surface area (Å²) in [5.74, 6) is -0.795. The molecule has 0 aliphatic carbocycles. The Morgan fingerprint density at radius 2 is 2.23 bits per heavy atom. The second-order valence-corrected chi connectivity index (χ2v) is 3.70. The fourth-order valence-electron chi connectivity index (χ4n) is 1.16. The van der Waals surface area contributed by atoms with Crippen LogP contribution in [-0.2, 0) is 17.6 Å². The summed E-state index contributed by atoms with van der Waals surface area (Å²) in [4.78, 5) is 10.4. The van der Waals surface area contributed by atoms with Crippen LogP contribution in [0, 0.1) is 0 Å². The summed E-state index contributed by atoms with van der Waals surface area (Å²) in [5, 5.41) is 8.57. The number of hydrogen-bond donors (Lipinski definition) is 1. The first kappa shape index (κ1) is 10.3. The van der Waals surface area contributed by atoms with Crippen LogP contribution in [0.5, 0.6) is 0 Å². The van der Waals surface area contributed by atoms with Gasteiger partial charge in [-0.15, -0.1) is 0 Å². The summed E-state index contributed by atoms with van der Waals surface area (Å²) in [6.07, 6.45) is 1.04. The highest BCUT2D eigenvalue weighted by Crippen LogP contribution is 2.19. The summed E-state index contributed by atoms with van der Waals surface area (Å²) in [6.45, 7) is 2.07.